The molecule has 3 rings (SSSR count). The van der Waals surface area contributed by atoms with Crippen LogP contribution >= 0.6 is 0 Å². The lowest BCUT2D eigenvalue weighted by atomic mass is 9.94. The quantitative estimate of drug-likeness (QED) is 0.133. The second kappa shape index (κ2) is 12.3. The van der Waals surface area contributed by atoms with Crippen molar-refractivity contribution >= 4 is 14.0 Å². The Morgan fingerprint density at radius 3 is 2.12 bits per heavy atom. The van der Waals surface area contributed by atoms with E-state index in [0.29, 0.717) is 23.6 Å². The van der Waals surface area contributed by atoms with Gasteiger partial charge in [-0.05, 0) is 77.1 Å². The fraction of sp³-hybridized carbons (Fsp3) is 0.517. The molecule has 0 amide bonds. The minimum absolute atomic E-state index is 0.0285. The van der Waals surface area contributed by atoms with Gasteiger partial charge in [-0.15, -0.1) is 5.10 Å². The summed E-state index contributed by atoms with van der Waals surface area (Å²) < 4.78 is 58.1. The van der Waals surface area contributed by atoms with Gasteiger partial charge < -0.3 is 14.2 Å². The zero-order valence-electron chi connectivity index (χ0n) is 24.9. The van der Waals surface area contributed by atoms with Gasteiger partial charge in [0.15, 0.2) is 5.82 Å². The summed E-state index contributed by atoms with van der Waals surface area (Å²) in [7, 11) is -1.35. The Kier molecular flexibility index (Phi) is 9.69. The number of rotatable bonds is 11. The number of carbonyl (C=O) groups excluding carboxylic acids is 1. The number of hydrogen-bond acceptors (Lipinski definition) is 7. The maximum atomic E-state index is 13.4. The average Bonchev–Trinajstić information content (AvgIpc) is 3.29. The van der Waals surface area contributed by atoms with Crippen molar-refractivity contribution in [2.24, 2.45) is 5.41 Å². The lowest BCUT2D eigenvalue weighted by Crippen LogP contribution is -2.37. The van der Waals surface area contributed by atoms with Gasteiger partial charge in [0.2, 0.25) is 0 Å². The van der Waals surface area contributed by atoms with Crippen LogP contribution in [-0.2, 0) is 27.2 Å². The van der Waals surface area contributed by atoms with Crippen LogP contribution in [0, 0.1) is 5.41 Å². The maximum Gasteiger partial charge on any atom is 0.453 e. The third-order valence-corrected chi connectivity index (χ3v) is 7.56. The number of hydrogen-bond donors (Lipinski definition) is 0. The fourth-order valence-electron chi connectivity index (χ4n) is 3.45. The Balaban J connectivity index is 1.70. The SMILES string of the molecule is CC(C)(C)OC(=O)C(C)(C)COc1ccc(-c2ccc(-c3nc(C(F)(F)F)nn3COCC[Si](C)(C)C)cn2)cc1. The fourth-order valence-corrected chi connectivity index (χ4v) is 4.21. The minimum Gasteiger partial charge on any atom is -0.492 e. The summed E-state index contributed by atoms with van der Waals surface area (Å²) in [6.07, 6.45) is -3.22. The van der Waals surface area contributed by atoms with Crippen molar-refractivity contribution in [2.45, 2.75) is 78.8 Å². The summed E-state index contributed by atoms with van der Waals surface area (Å²) in [6.45, 7) is 16.0. The molecule has 0 fully saturated rings. The normalized spacial score (nSPS) is 12.9. The Bertz CT molecular complexity index is 1310. The van der Waals surface area contributed by atoms with E-state index in [4.69, 9.17) is 14.2 Å². The van der Waals surface area contributed by atoms with Crippen molar-refractivity contribution < 1.29 is 32.2 Å². The summed E-state index contributed by atoms with van der Waals surface area (Å²) in [4.78, 5) is 20.6. The lowest BCUT2D eigenvalue weighted by molar-refractivity contribution is -0.167. The van der Waals surface area contributed by atoms with E-state index in [1.54, 1.807) is 38.1 Å². The van der Waals surface area contributed by atoms with Crippen LogP contribution in [0.3, 0.4) is 0 Å². The van der Waals surface area contributed by atoms with Gasteiger partial charge in [0.25, 0.3) is 5.82 Å². The number of halogens is 3. The predicted octanol–water partition coefficient (Wildman–Crippen LogP) is 7.08. The van der Waals surface area contributed by atoms with Crippen molar-refractivity contribution in [3.05, 3.63) is 48.4 Å². The van der Waals surface area contributed by atoms with E-state index >= 15 is 0 Å². The molecule has 0 N–H and O–H groups in total. The number of alkyl halides is 3. The third-order valence-electron chi connectivity index (χ3n) is 5.86. The van der Waals surface area contributed by atoms with Crippen LogP contribution < -0.4 is 4.74 Å². The summed E-state index contributed by atoms with van der Waals surface area (Å²) in [5.41, 5.74) is 0.353. The van der Waals surface area contributed by atoms with Gasteiger partial charge in [0.05, 0.1) is 11.1 Å². The molecule has 3 aromatic rings. The summed E-state index contributed by atoms with van der Waals surface area (Å²) in [5, 5.41) is 3.64. The molecular weight excluding hydrogens is 553 g/mol. The molecule has 0 saturated carbocycles. The van der Waals surface area contributed by atoms with E-state index < -0.39 is 31.1 Å². The van der Waals surface area contributed by atoms with Crippen molar-refractivity contribution in [1.82, 2.24) is 19.7 Å². The van der Waals surface area contributed by atoms with Crippen molar-refractivity contribution in [3.8, 4) is 28.4 Å². The first-order valence-corrected chi connectivity index (χ1v) is 17.1. The Labute approximate surface area is 240 Å². The number of esters is 1. The highest BCUT2D eigenvalue weighted by molar-refractivity contribution is 6.76. The lowest BCUT2D eigenvalue weighted by Gasteiger charge is -2.28. The molecule has 0 radical (unpaired) electrons. The van der Waals surface area contributed by atoms with Crippen LogP contribution in [0.2, 0.25) is 25.7 Å². The second-order valence-corrected chi connectivity index (χ2v) is 18.4. The van der Waals surface area contributed by atoms with Crippen LogP contribution in [0.1, 0.15) is 40.4 Å². The van der Waals surface area contributed by atoms with Gasteiger partial charge in [-0.25, -0.2) is 9.67 Å². The molecule has 0 bridgehead atoms. The van der Waals surface area contributed by atoms with E-state index in [1.807, 2.05) is 32.9 Å². The molecule has 224 valence electrons. The molecule has 0 aliphatic heterocycles. The number of benzene rings is 1. The highest BCUT2D eigenvalue weighted by Crippen LogP contribution is 2.30. The monoisotopic (exact) mass is 592 g/mol. The van der Waals surface area contributed by atoms with Crippen LogP contribution in [0.5, 0.6) is 5.75 Å². The molecule has 12 heteroatoms. The molecule has 0 aliphatic rings. The minimum atomic E-state index is -4.68. The second-order valence-electron chi connectivity index (χ2n) is 12.7. The number of pyridine rings is 1. The van der Waals surface area contributed by atoms with Crippen molar-refractivity contribution in [1.29, 1.82) is 0 Å². The van der Waals surface area contributed by atoms with Crippen LogP contribution in [-0.4, -0.2) is 52.6 Å². The summed E-state index contributed by atoms with van der Waals surface area (Å²) in [5.74, 6) is -0.970. The number of aromatic nitrogens is 4. The largest absolute Gasteiger partial charge is 0.492 e. The van der Waals surface area contributed by atoms with E-state index in [1.165, 1.54) is 6.20 Å². The summed E-state index contributed by atoms with van der Waals surface area (Å²) >= 11 is 0. The first-order valence-electron chi connectivity index (χ1n) is 13.4. The first-order chi connectivity index (χ1) is 18.8. The molecule has 0 saturated heterocycles. The summed E-state index contributed by atoms with van der Waals surface area (Å²) in [6, 6.07) is 11.4. The third kappa shape index (κ3) is 9.67. The van der Waals surface area contributed by atoms with Crippen LogP contribution in [0.15, 0.2) is 42.6 Å². The predicted molar refractivity (Wildman–Crippen MR) is 153 cm³/mol. The Morgan fingerprint density at radius 1 is 0.951 bits per heavy atom. The molecule has 0 atom stereocenters. The van der Waals surface area contributed by atoms with Gasteiger partial charge in [-0.3, -0.25) is 9.78 Å². The number of ether oxygens (including phenoxy) is 3. The van der Waals surface area contributed by atoms with Crippen molar-refractivity contribution in [3.63, 3.8) is 0 Å². The zero-order valence-corrected chi connectivity index (χ0v) is 25.9. The molecule has 8 nitrogen and oxygen atoms in total. The standard InChI is InChI=1S/C29H39F3N4O4Si/c1-27(2,3)40-26(37)28(4,5)18-39-22-12-9-20(10-13-22)23-14-11-21(17-33-23)24-34-25(29(30,31)32)35-36(24)19-38-15-16-41(6,7)8/h9-14,17H,15-16,18-19H2,1-8H3. The highest BCUT2D eigenvalue weighted by Gasteiger charge is 2.37. The first kappa shape index (κ1) is 32.3. The molecule has 2 heterocycles. The average molecular weight is 593 g/mol. The van der Waals surface area contributed by atoms with E-state index in [2.05, 4.69) is 34.7 Å². The molecule has 1 aromatic carbocycles. The highest BCUT2D eigenvalue weighted by atomic mass is 28.3. The van der Waals surface area contributed by atoms with E-state index in [9.17, 15) is 18.0 Å². The number of nitrogens with zero attached hydrogens (tertiary/aromatic N) is 4. The van der Waals surface area contributed by atoms with Crippen LogP contribution in [0.25, 0.3) is 22.6 Å². The van der Waals surface area contributed by atoms with Gasteiger partial charge in [-0.2, -0.15) is 13.2 Å². The van der Waals surface area contributed by atoms with Gasteiger partial charge in [-0.1, -0.05) is 19.6 Å². The topological polar surface area (TPSA) is 88.4 Å². The Hall–Kier alpha value is -3.25. The smallest absolute Gasteiger partial charge is 0.453 e. The maximum absolute atomic E-state index is 13.4. The molecule has 0 spiro atoms. The molecule has 0 aliphatic carbocycles. The Morgan fingerprint density at radius 2 is 1.59 bits per heavy atom. The molecule has 2 aromatic heterocycles. The molecule has 41 heavy (non-hydrogen) atoms. The van der Waals surface area contributed by atoms with Crippen LogP contribution in [0.4, 0.5) is 13.2 Å². The van der Waals surface area contributed by atoms with Gasteiger partial charge in [0, 0.05) is 32.0 Å². The molecular formula is C29H39F3N4O4Si. The molecule has 0 unspecified atom stereocenters. The van der Waals surface area contributed by atoms with E-state index in [-0.39, 0.29) is 25.1 Å². The van der Waals surface area contributed by atoms with Crippen molar-refractivity contribution in [2.75, 3.05) is 13.2 Å². The zero-order chi connectivity index (χ0) is 30.6. The van der Waals surface area contributed by atoms with Gasteiger partial charge in [0.1, 0.15) is 24.7 Å². The van der Waals surface area contributed by atoms with E-state index in [0.717, 1.165) is 16.3 Å². The number of carbonyl (C=O) groups is 1. The van der Waals surface area contributed by atoms with Gasteiger partial charge >= 0.3 is 12.1 Å².